The zero-order valence-corrected chi connectivity index (χ0v) is 17.7. The first-order chi connectivity index (χ1) is 14.4. The molecule has 5 heteroatoms. The predicted molar refractivity (Wildman–Crippen MR) is 114 cm³/mol. The van der Waals surface area contributed by atoms with Crippen molar-refractivity contribution in [3.8, 4) is 11.8 Å². The number of methoxy groups -OCH3 is 1. The van der Waals surface area contributed by atoms with Gasteiger partial charge in [0.25, 0.3) is 0 Å². The molecule has 2 N–H and O–H groups in total. The van der Waals surface area contributed by atoms with Crippen LogP contribution in [0.3, 0.4) is 0 Å². The minimum absolute atomic E-state index is 0.0832. The molecule has 0 aliphatic heterocycles. The van der Waals surface area contributed by atoms with Crippen LogP contribution >= 0.6 is 0 Å². The Labute approximate surface area is 178 Å². The van der Waals surface area contributed by atoms with Gasteiger partial charge in [-0.05, 0) is 62.6 Å². The zero-order chi connectivity index (χ0) is 21.6. The third-order valence-electron chi connectivity index (χ3n) is 6.43. The molecule has 5 nitrogen and oxygen atoms in total. The summed E-state index contributed by atoms with van der Waals surface area (Å²) >= 11 is 0. The van der Waals surface area contributed by atoms with Gasteiger partial charge in [-0.1, -0.05) is 36.8 Å². The van der Waals surface area contributed by atoms with Crippen molar-refractivity contribution in [1.29, 1.82) is 0 Å². The van der Waals surface area contributed by atoms with E-state index in [1.165, 1.54) is 7.11 Å². The van der Waals surface area contributed by atoms with E-state index < -0.39 is 11.7 Å². The van der Waals surface area contributed by atoms with Crippen LogP contribution in [0.25, 0.3) is 0 Å². The smallest absolute Gasteiger partial charge is 0.337 e. The summed E-state index contributed by atoms with van der Waals surface area (Å²) in [5, 5.41) is 20.9. The summed E-state index contributed by atoms with van der Waals surface area (Å²) in [6.45, 7) is 0. The number of hydrogen-bond acceptors (Lipinski definition) is 5. The SMILES string of the molecule is COC(=O)c1ccc(CCCC[C@H]2C(=O)C[C@@H](O)[C@@H]2C#CC2(O)CCCCC2)cc1. The lowest BCUT2D eigenvalue weighted by molar-refractivity contribution is -0.121. The molecule has 2 fully saturated rings. The van der Waals surface area contributed by atoms with Gasteiger partial charge >= 0.3 is 5.97 Å². The van der Waals surface area contributed by atoms with Crippen LogP contribution in [0.2, 0.25) is 0 Å². The molecule has 0 aromatic heterocycles. The van der Waals surface area contributed by atoms with E-state index in [4.69, 9.17) is 4.74 Å². The predicted octanol–water partition coefficient (Wildman–Crippen LogP) is 3.45. The van der Waals surface area contributed by atoms with Crippen LogP contribution in [-0.4, -0.2) is 40.8 Å². The molecule has 0 amide bonds. The van der Waals surface area contributed by atoms with Gasteiger partial charge in [-0.25, -0.2) is 4.79 Å². The first-order valence-electron chi connectivity index (χ1n) is 11.0. The fraction of sp³-hybridized carbons (Fsp3) is 0.600. The summed E-state index contributed by atoms with van der Waals surface area (Å²) < 4.78 is 4.71. The highest BCUT2D eigenvalue weighted by Crippen LogP contribution is 2.34. The van der Waals surface area contributed by atoms with Crippen molar-refractivity contribution >= 4 is 11.8 Å². The average Bonchev–Trinajstić information content (AvgIpc) is 3.02. The maximum absolute atomic E-state index is 12.4. The van der Waals surface area contributed by atoms with Crippen molar-refractivity contribution in [2.45, 2.75) is 75.9 Å². The highest BCUT2D eigenvalue weighted by molar-refractivity contribution is 5.89. The number of benzene rings is 1. The van der Waals surface area contributed by atoms with E-state index in [9.17, 15) is 19.8 Å². The normalized spacial score (nSPS) is 25.4. The Hall–Kier alpha value is -2.16. The van der Waals surface area contributed by atoms with Crippen molar-refractivity contribution < 1.29 is 24.5 Å². The van der Waals surface area contributed by atoms with Gasteiger partial charge in [-0.2, -0.15) is 0 Å². The van der Waals surface area contributed by atoms with Gasteiger partial charge in [0.1, 0.15) is 11.4 Å². The molecule has 0 heterocycles. The van der Waals surface area contributed by atoms with E-state index in [1.807, 2.05) is 12.1 Å². The molecule has 1 aromatic carbocycles. The first-order valence-corrected chi connectivity index (χ1v) is 11.0. The van der Waals surface area contributed by atoms with E-state index in [-0.39, 0.29) is 30.0 Å². The Morgan fingerprint density at radius 1 is 1.17 bits per heavy atom. The van der Waals surface area contributed by atoms with Crippen LogP contribution in [0.1, 0.15) is 73.7 Å². The van der Waals surface area contributed by atoms with Crippen molar-refractivity contribution in [3.63, 3.8) is 0 Å². The van der Waals surface area contributed by atoms with E-state index in [0.29, 0.717) is 24.8 Å². The van der Waals surface area contributed by atoms with Gasteiger partial charge in [-0.15, -0.1) is 0 Å². The second-order valence-electron chi connectivity index (χ2n) is 8.67. The second kappa shape index (κ2) is 10.2. The van der Waals surface area contributed by atoms with Crippen LogP contribution in [0.4, 0.5) is 0 Å². The van der Waals surface area contributed by atoms with Gasteiger partial charge in [0.15, 0.2) is 0 Å². The van der Waals surface area contributed by atoms with Crippen molar-refractivity contribution in [2.24, 2.45) is 11.8 Å². The number of esters is 1. The number of aliphatic hydroxyl groups excluding tert-OH is 1. The van der Waals surface area contributed by atoms with E-state index in [1.54, 1.807) is 12.1 Å². The summed E-state index contributed by atoms with van der Waals surface area (Å²) in [5.74, 6) is 5.22. The van der Waals surface area contributed by atoms with Crippen LogP contribution in [0.5, 0.6) is 0 Å². The number of carbonyl (C=O) groups excluding carboxylic acids is 2. The standard InChI is InChI=1S/C25H32O5/c1-30-24(28)19-11-9-18(10-12-19)7-3-4-8-20-21(23(27)17-22(20)26)13-16-25(29)14-5-2-6-15-25/h9-12,20-21,23,27,29H,2-8,14-15,17H2,1H3/t20-,21-,23-/m1/s1. The molecule has 3 atom stereocenters. The molecule has 162 valence electrons. The number of unbranched alkanes of at least 4 members (excludes halogenated alkanes) is 1. The number of hydrogen-bond donors (Lipinski definition) is 2. The third kappa shape index (κ3) is 5.71. The quantitative estimate of drug-likeness (QED) is 0.425. The lowest BCUT2D eigenvalue weighted by atomic mass is 9.83. The molecular formula is C25H32O5. The fourth-order valence-corrected chi connectivity index (χ4v) is 4.59. The highest BCUT2D eigenvalue weighted by atomic mass is 16.5. The minimum atomic E-state index is -0.954. The zero-order valence-electron chi connectivity index (χ0n) is 17.7. The summed E-state index contributed by atoms with van der Waals surface area (Å²) in [7, 11) is 1.37. The molecule has 0 spiro atoms. The molecule has 30 heavy (non-hydrogen) atoms. The molecular weight excluding hydrogens is 380 g/mol. The maximum atomic E-state index is 12.4. The van der Waals surface area contributed by atoms with Gasteiger partial charge in [0.05, 0.1) is 24.7 Å². The Morgan fingerprint density at radius 2 is 1.87 bits per heavy atom. The van der Waals surface area contributed by atoms with Crippen molar-refractivity contribution in [2.75, 3.05) is 7.11 Å². The van der Waals surface area contributed by atoms with Crippen molar-refractivity contribution in [1.82, 2.24) is 0 Å². The fourth-order valence-electron chi connectivity index (χ4n) is 4.59. The Balaban J connectivity index is 1.52. The molecule has 0 bridgehead atoms. The third-order valence-corrected chi connectivity index (χ3v) is 6.43. The summed E-state index contributed by atoms with van der Waals surface area (Å²) in [5.41, 5.74) is 0.717. The number of aliphatic hydroxyl groups is 2. The highest BCUT2D eigenvalue weighted by Gasteiger charge is 2.40. The molecule has 1 aromatic rings. The molecule has 0 saturated heterocycles. The van der Waals surface area contributed by atoms with Crippen LogP contribution in [0, 0.1) is 23.7 Å². The molecule has 2 aliphatic rings. The lowest BCUT2D eigenvalue weighted by Gasteiger charge is -2.27. The number of ether oxygens (including phenoxy) is 1. The molecule has 2 saturated carbocycles. The monoisotopic (exact) mass is 412 g/mol. The summed E-state index contributed by atoms with van der Waals surface area (Å²) in [6, 6.07) is 7.38. The Kier molecular flexibility index (Phi) is 7.69. The number of Topliss-reactive ketones (excluding diaryl/α,β-unsaturated/α-hetero) is 1. The topological polar surface area (TPSA) is 83.8 Å². The minimum Gasteiger partial charge on any atom is -0.465 e. The molecule has 0 unspecified atom stereocenters. The number of aryl methyl sites for hydroxylation is 1. The maximum Gasteiger partial charge on any atom is 0.337 e. The number of ketones is 1. The average molecular weight is 413 g/mol. The number of rotatable bonds is 6. The Morgan fingerprint density at radius 3 is 2.53 bits per heavy atom. The van der Waals surface area contributed by atoms with Crippen LogP contribution < -0.4 is 0 Å². The van der Waals surface area contributed by atoms with Gasteiger partial charge in [0.2, 0.25) is 0 Å². The Bertz CT molecular complexity index is 795. The van der Waals surface area contributed by atoms with Crippen LogP contribution in [0.15, 0.2) is 24.3 Å². The lowest BCUT2D eigenvalue weighted by Crippen LogP contribution is -2.30. The first kappa shape index (κ1) is 22.5. The summed E-state index contributed by atoms with van der Waals surface area (Å²) in [4.78, 5) is 23.9. The summed E-state index contributed by atoms with van der Waals surface area (Å²) in [6.07, 6.45) is 7.21. The van der Waals surface area contributed by atoms with Gasteiger partial charge in [0, 0.05) is 12.3 Å². The molecule has 2 aliphatic carbocycles. The van der Waals surface area contributed by atoms with Crippen LogP contribution in [-0.2, 0) is 16.0 Å². The molecule has 0 radical (unpaired) electrons. The van der Waals surface area contributed by atoms with E-state index in [0.717, 1.165) is 44.1 Å². The van der Waals surface area contributed by atoms with E-state index >= 15 is 0 Å². The van der Waals surface area contributed by atoms with Gasteiger partial charge < -0.3 is 14.9 Å². The largest absolute Gasteiger partial charge is 0.465 e. The number of carbonyl (C=O) groups is 2. The van der Waals surface area contributed by atoms with E-state index in [2.05, 4.69) is 11.8 Å². The van der Waals surface area contributed by atoms with Crippen molar-refractivity contribution in [3.05, 3.63) is 35.4 Å². The van der Waals surface area contributed by atoms with Gasteiger partial charge in [-0.3, -0.25) is 4.79 Å². The molecule has 3 rings (SSSR count). The second-order valence-corrected chi connectivity index (χ2v) is 8.67.